The summed E-state index contributed by atoms with van der Waals surface area (Å²) in [6.07, 6.45) is 5.26. The molecule has 104 valence electrons. The first-order chi connectivity index (χ1) is 10.2. The van der Waals surface area contributed by atoms with E-state index in [0.717, 1.165) is 11.1 Å². The second-order valence-corrected chi connectivity index (χ2v) is 4.51. The van der Waals surface area contributed by atoms with E-state index in [1.54, 1.807) is 42.7 Å². The first-order valence-corrected chi connectivity index (χ1v) is 6.36. The summed E-state index contributed by atoms with van der Waals surface area (Å²) in [5, 5.41) is 0. The van der Waals surface area contributed by atoms with Crippen molar-refractivity contribution in [2.45, 2.75) is 6.42 Å². The van der Waals surface area contributed by atoms with Gasteiger partial charge in [-0.3, -0.25) is 4.98 Å². The van der Waals surface area contributed by atoms with E-state index in [4.69, 9.17) is 4.74 Å². The molecule has 0 atom stereocenters. The van der Waals surface area contributed by atoms with Crippen molar-refractivity contribution >= 4 is 17.9 Å². The number of carbonyl (C=O) groups is 1. The Morgan fingerprint density at radius 3 is 2.52 bits per heavy atom. The molecule has 1 aromatic carbocycles. The van der Waals surface area contributed by atoms with Gasteiger partial charge in [0.2, 0.25) is 5.90 Å². The summed E-state index contributed by atoms with van der Waals surface area (Å²) < 4.78 is 18.0. The lowest BCUT2D eigenvalue weighted by Crippen LogP contribution is -2.06. The quantitative estimate of drug-likeness (QED) is 0.642. The predicted molar refractivity (Wildman–Crippen MR) is 75.8 cm³/mol. The molecule has 3 rings (SSSR count). The third-order valence-corrected chi connectivity index (χ3v) is 2.94. The highest BCUT2D eigenvalue weighted by atomic mass is 19.1. The molecule has 1 aromatic heterocycles. The lowest BCUT2D eigenvalue weighted by molar-refractivity contribution is -0.130. The average Bonchev–Trinajstić information content (AvgIpc) is 2.82. The normalized spacial score (nSPS) is 16.0. The molecule has 0 unspecified atom stereocenters. The van der Waals surface area contributed by atoms with E-state index in [-0.39, 0.29) is 11.5 Å². The van der Waals surface area contributed by atoms with Crippen LogP contribution in [0.25, 0.3) is 6.08 Å². The zero-order valence-electron chi connectivity index (χ0n) is 11.0. The van der Waals surface area contributed by atoms with Crippen LogP contribution < -0.4 is 0 Å². The highest BCUT2D eigenvalue weighted by Crippen LogP contribution is 2.17. The van der Waals surface area contributed by atoms with Crippen molar-refractivity contribution in [3.8, 4) is 0 Å². The lowest BCUT2D eigenvalue weighted by Gasteiger charge is -1.99. The molecule has 1 aliphatic rings. The van der Waals surface area contributed by atoms with Gasteiger partial charge in [-0.1, -0.05) is 12.1 Å². The number of pyridine rings is 1. The monoisotopic (exact) mass is 282 g/mol. The Bertz CT molecular complexity index is 722. The van der Waals surface area contributed by atoms with Crippen molar-refractivity contribution in [2.24, 2.45) is 4.99 Å². The minimum absolute atomic E-state index is 0.248. The highest BCUT2D eigenvalue weighted by molar-refractivity contribution is 6.07. The lowest BCUT2D eigenvalue weighted by atomic mass is 10.1. The average molecular weight is 282 g/mol. The molecule has 2 aromatic rings. The van der Waals surface area contributed by atoms with Gasteiger partial charge in [-0.25, -0.2) is 14.2 Å². The molecule has 0 fully saturated rings. The first kappa shape index (κ1) is 13.2. The Morgan fingerprint density at radius 2 is 1.81 bits per heavy atom. The standard InChI is InChI=1S/C16H11FN2O2/c17-13-3-1-11(2-4-13)10-15-19-14(16(20)21-15)9-12-5-7-18-8-6-12/h1-9H,10H2/b14-9+. The van der Waals surface area contributed by atoms with Crippen LogP contribution in [0.2, 0.25) is 0 Å². The van der Waals surface area contributed by atoms with Crippen molar-refractivity contribution in [1.29, 1.82) is 0 Å². The number of rotatable bonds is 3. The summed E-state index contributed by atoms with van der Waals surface area (Å²) in [7, 11) is 0. The molecule has 0 bridgehead atoms. The van der Waals surface area contributed by atoms with Gasteiger partial charge >= 0.3 is 5.97 Å². The van der Waals surface area contributed by atoms with Crippen molar-refractivity contribution in [3.63, 3.8) is 0 Å². The van der Waals surface area contributed by atoms with Gasteiger partial charge < -0.3 is 4.74 Å². The zero-order chi connectivity index (χ0) is 14.7. The van der Waals surface area contributed by atoms with Crippen molar-refractivity contribution in [3.05, 3.63) is 71.4 Å². The number of nitrogens with zero attached hydrogens (tertiary/aromatic N) is 2. The fraction of sp³-hybridized carbons (Fsp3) is 0.0625. The number of ether oxygens (including phenoxy) is 1. The molecule has 21 heavy (non-hydrogen) atoms. The summed E-state index contributed by atoms with van der Waals surface area (Å²) in [5.41, 5.74) is 1.90. The number of hydrogen-bond donors (Lipinski definition) is 0. The van der Waals surface area contributed by atoms with Crippen molar-refractivity contribution in [1.82, 2.24) is 4.98 Å². The summed E-state index contributed by atoms with van der Waals surface area (Å²) in [5.74, 6) is -0.474. The number of esters is 1. The van der Waals surface area contributed by atoms with Gasteiger partial charge in [-0.2, -0.15) is 0 Å². The summed E-state index contributed by atoms with van der Waals surface area (Å²) in [6, 6.07) is 9.54. The molecule has 1 aliphatic heterocycles. The van der Waals surface area contributed by atoms with Crippen LogP contribution in [0, 0.1) is 5.82 Å². The van der Waals surface area contributed by atoms with Crippen LogP contribution in [0.15, 0.2) is 59.5 Å². The SMILES string of the molecule is O=C1OC(Cc2ccc(F)cc2)=N/C1=C/c1ccncc1. The van der Waals surface area contributed by atoms with Crippen LogP contribution in [-0.4, -0.2) is 16.9 Å². The summed E-state index contributed by atoms with van der Waals surface area (Å²) in [6.45, 7) is 0. The molecule has 0 N–H and O–H groups in total. The smallest absolute Gasteiger partial charge is 0.363 e. The zero-order valence-corrected chi connectivity index (χ0v) is 11.0. The van der Waals surface area contributed by atoms with E-state index >= 15 is 0 Å². The van der Waals surface area contributed by atoms with Gasteiger partial charge in [0.05, 0.1) is 0 Å². The van der Waals surface area contributed by atoms with Crippen LogP contribution in [0.5, 0.6) is 0 Å². The van der Waals surface area contributed by atoms with E-state index in [0.29, 0.717) is 12.3 Å². The molecule has 0 radical (unpaired) electrons. The number of carbonyl (C=O) groups excluding carboxylic acids is 1. The second-order valence-electron chi connectivity index (χ2n) is 4.51. The van der Waals surface area contributed by atoms with E-state index in [9.17, 15) is 9.18 Å². The Kier molecular flexibility index (Phi) is 3.55. The van der Waals surface area contributed by atoms with Gasteiger partial charge in [0.25, 0.3) is 0 Å². The Hall–Kier alpha value is -2.82. The van der Waals surface area contributed by atoms with Gasteiger partial charge in [0, 0.05) is 18.8 Å². The number of aromatic nitrogens is 1. The van der Waals surface area contributed by atoms with Crippen molar-refractivity contribution in [2.75, 3.05) is 0 Å². The van der Waals surface area contributed by atoms with Crippen LogP contribution in [0.3, 0.4) is 0 Å². The van der Waals surface area contributed by atoms with E-state index in [1.807, 2.05) is 0 Å². The molecule has 5 heteroatoms. The number of benzene rings is 1. The maximum atomic E-state index is 12.8. The molecule has 4 nitrogen and oxygen atoms in total. The van der Waals surface area contributed by atoms with E-state index in [2.05, 4.69) is 9.98 Å². The van der Waals surface area contributed by atoms with Crippen molar-refractivity contribution < 1.29 is 13.9 Å². The molecular weight excluding hydrogens is 271 g/mol. The van der Waals surface area contributed by atoms with Gasteiger partial charge in [-0.05, 0) is 41.5 Å². The third-order valence-electron chi connectivity index (χ3n) is 2.94. The number of cyclic esters (lactones) is 1. The fourth-order valence-corrected chi connectivity index (χ4v) is 1.92. The highest BCUT2D eigenvalue weighted by Gasteiger charge is 2.22. The third kappa shape index (κ3) is 3.20. The topological polar surface area (TPSA) is 51.5 Å². The fourth-order valence-electron chi connectivity index (χ4n) is 1.92. The van der Waals surface area contributed by atoms with E-state index in [1.165, 1.54) is 12.1 Å². The first-order valence-electron chi connectivity index (χ1n) is 6.36. The molecule has 0 aliphatic carbocycles. The van der Waals surface area contributed by atoms with Crippen LogP contribution in [0.1, 0.15) is 11.1 Å². The van der Waals surface area contributed by atoms with E-state index < -0.39 is 5.97 Å². The Morgan fingerprint density at radius 1 is 1.10 bits per heavy atom. The summed E-state index contributed by atoms with van der Waals surface area (Å²) >= 11 is 0. The minimum Gasteiger partial charge on any atom is -0.406 e. The molecule has 0 saturated carbocycles. The maximum absolute atomic E-state index is 12.8. The molecule has 0 spiro atoms. The van der Waals surface area contributed by atoms with Crippen LogP contribution in [0.4, 0.5) is 4.39 Å². The van der Waals surface area contributed by atoms with Crippen LogP contribution >= 0.6 is 0 Å². The number of aliphatic imine (C=N–C) groups is 1. The van der Waals surface area contributed by atoms with Gasteiger partial charge in [-0.15, -0.1) is 0 Å². The maximum Gasteiger partial charge on any atom is 0.363 e. The largest absolute Gasteiger partial charge is 0.406 e. The Balaban J connectivity index is 1.79. The number of halogens is 1. The molecular formula is C16H11FN2O2. The van der Waals surface area contributed by atoms with Gasteiger partial charge in [0.15, 0.2) is 5.70 Å². The predicted octanol–water partition coefficient (Wildman–Crippen LogP) is 2.76. The second kappa shape index (κ2) is 5.66. The van der Waals surface area contributed by atoms with Crippen LogP contribution in [-0.2, 0) is 16.0 Å². The van der Waals surface area contributed by atoms with Gasteiger partial charge in [0.1, 0.15) is 5.82 Å². The minimum atomic E-state index is -0.482. The number of hydrogen-bond acceptors (Lipinski definition) is 4. The molecule has 2 heterocycles. The summed E-state index contributed by atoms with van der Waals surface area (Å²) in [4.78, 5) is 19.8. The molecule has 0 amide bonds. The molecule has 0 saturated heterocycles. The Labute approximate surface area is 120 Å².